The summed E-state index contributed by atoms with van der Waals surface area (Å²) in [6.07, 6.45) is 0. The van der Waals surface area contributed by atoms with Gasteiger partial charge in [0.15, 0.2) is 11.6 Å². The predicted molar refractivity (Wildman–Crippen MR) is 74.8 cm³/mol. The normalized spacial score (nSPS) is 10.3. The highest BCUT2D eigenvalue weighted by molar-refractivity contribution is 14.1. The Morgan fingerprint density at radius 3 is 2.65 bits per heavy atom. The van der Waals surface area contributed by atoms with E-state index in [-0.39, 0.29) is 11.6 Å². The van der Waals surface area contributed by atoms with Gasteiger partial charge in [0.1, 0.15) is 5.75 Å². The topological polar surface area (TPSA) is 35.2 Å². The molecular weight excluding hydrogens is 332 g/mol. The smallest absolute Gasteiger partial charge is 0.168 e. The lowest BCUT2D eigenvalue weighted by Gasteiger charge is -2.10. The number of rotatable bonds is 2. The van der Waals surface area contributed by atoms with Crippen molar-refractivity contribution in [2.45, 2.75) is 6.92 Å². The summed E-state index contributed by atoms with van der Waals surface area (Å²) in [6, 6.07) is 10.3. The highest BCUT2D eigenvalue weighted by Gasteiger charge is 2.09. The van der Waals surface area contributed by atoms with Crippen LogP contribution in [-0.4, -0.2) is 0 Å². The number of hydrogen-bond donors (Lipinski definition) is 1. The largest absolute Gasteiger partial charge is 0.453 e. The molecule has 2 N–H and O–H groups in total. The van der Waals surface area contributed by atoms with E-state index >= 15 is 0 Å². The molecule has 0 fully saturated rings. The van der Waals surface area contributed by atoms with Crippen LogP contribution in [0.25, 0.3) is 0 Å². The molecule has 88 valence electrons. The third kappa shape index (κ3) is 2.69. The van der Waals surface area contributed by atoms with Crippen molar-refractivity contribution in [2.75, 3.05) is 5.73 Å². The van der Waals surface area contributed by atoms with Crippen LogP contribution in [0.4, 0.5) is 10.1 Å². The van der Waals surface area contributed by atoms with Crippen LogP contribution in [0.1, 0.15) is 5.56 Å². The maximum atomic E-state index is 13.7. The number of ether oxygens (including phenoxy) is 1. The summed E-state index contributed by atoms with van der Waals surface area (Å²) in [5, 5.41) is 0. The third-order valence-corrected chi connectivity index (χ3v) is 3.18. The van der Waals surface area contributed by atoms with Gasteiger partial charge in [0, 0.05) is 5.69 Å². The monoisotopic (exact) mass is 343 g/mol. The number of halogens is 2. The van der Waals surface area contributed by atoms with E-state index in [0.29, 0.717) is 17.0 Å². The molecule has 0 saturated carbocycles. The summed E-state index contributed by atoms with van der Waals surface area (Å²) in [7, 11) is 0. The number of aryl methyl sites for hydroxylation is 1. The van der Waals surface area contributed by atoms with Crippen molar-refractivity contribution >= 4 is 28.3 Å². The summed E-state index contributed by atoms with van der Waals surface area (Å²) in [4.78, 5) is 0. The van der Waals surface area contributed by atoms with Crippen LogP contribution in [0.2, 0.25) is 0 Å². The van der Waals surface area contributed by atoms with Gasteiger partial charge in [0.05, 0.1) is 3.57 Å². The van der Waals surface area contributed by atoms with Gasteiger partial charge in [-0.1, -0.05) is 12.1 Å². The molecule has 0 saturated heterocycles. The molecule has 0 heterocycles. The average Bonchev–Trinajstić information content (AvgIpc) is 2.28. The first-order chi connectivity index (χ1) is 8.08. The Balaban J connectivity index is 2.35. The number of anilines is 1. The van der Waals surface area contributed by atoms with E-state index in [4.69, 9.17) is 10.5 Å². The zero-order valence-electron chi connectivity index (χ0n) is 9.21. The fourth-order valence-corrected chi connectivity index (χ4v) is 2.07. The minimum absolute atomic E-state index is 0.229. The molecule has 0 spiro atoms. The molecule has 0 amide bonds. The summed E-state index contributed by atoms with van der Waals surface area (Å²) in [5.41, 5.74) is 6.86. The standard InChI is InChI=1S/C13H11FINO/c1-8-3-2-4-12(13(8)14)17-11-6-5-9(16)7-10(11)15/h2-7H,16H2,1H3. The minimum atomic E-state index is -0.333. The van der Waals surface area contributed by atoms with Gasteiger partial charge in [0.25, 0.3) is 0 Å². The van der Waals surface area contributed by atoms with E-state index in [0.717, 1.165) is 3.57 Å². The van der Waals surface area contributed by atoms with E-state index in [9.17, 15) is 4.39 Å². The van der Waals surface area contributed by atoms with Crippen LogP contribution < -0.4 is 10.5 Å². The van der Waals surface area contributed by atoms with E-state index in [1.54, 1.807) is 43.3 Å². The summed E-state index contributed by atoms with van der Waals surface area (Å²) < 4.78 is 20.1. The molecule has 0 aliphatic heterocycles. The Morgan fingerprint density at radius 2 is 1.94 bits per heavy atom. The van der Waals surface area contributed by atoms with Crippen molar-refractivity contribution in [2.24, 2.45) is 0 Å². The molecule has 2 rings (SSSR count). The maximum Gasteiger partial charge on any atom is 0.168 e. The fourth-order valence-electron chi connectivity index (χ4n) is 1.42. The molecule has 17 heavy (non-hydrogen) atoms. The second-order valence-corrected chi connectivity index (χ2v) is 4.84. The number of nitrogens with two attached hydrogens (primary N) is 1. The molecule has 0 aliphatic rings. The zero-order chi connectivity index (χ0) is 12.4. The lowest BCUT2D eigenvalue weighted by Crippen LogP contribution is -1.93. The van der Waals surface area contributed by atoms with E-state index in [1.807, 2.05) is 0 Å². The second-order valence-electron chi connectivity index (χ2n) is 3.68. The van der Waals surface area contributed by atoms with Crippen LogP contribution in [0.3, 0.4) is 0 Å². The first-order valence-corrected chi connectivity index (χ1v) is 6.14. The number of nitrogen functional groups attached to an aromatic ring is 1. The molecule has 0 aromatic heterocycles. The molecule has 0 radical (unpaired) electrons. The van der Waals surface area contributed by atoms with E-state index in [2.05, 4.69) is 22.6 Å². The van der Waals surface area contributed by atoms with Gasteiger partial charge < -0.3 is 10.5 Å². The summed E-state index contributed by atoms with van der Waals surface area (Å²) in [5.74, 6) is 0.497. The van der Waals surface area contributed by atoms with Crippen molar-refractivity contribution in [1.29, 1.82) is 0 Å². The average molecular weight is 343 g/mol. The molecule has 0 atom stereocenters. The van der Waals surface area contributed by atoms with Crippen molar-refractivity contribution < 1.29 is 9.13 Å². The summed E-state index contributed by atoms with van der Waals surface area (Å²) >= 11 is 2.11. The van der Waals surface area contributed by atoms with Gasteiger partial charge in [-0.3, -0.25) is 0 Å². The maximum absolute atomic E-state index is 13.7. The SMILES string of the molecule is Cc1cccc(Oc2ccc(N)cc2I)c1F. The Labute approximate surface area is 113 Å². The highest BCUT2D eigenvalue weighted by atomic mass is 127. The lowest BCUT2D eigenvalue weighted by molar-refractivity contribution is 0.437. The van der Waals surface area contributed by atoms with Gasteiger partial charge in [-0.05, 0) is 59.3 Å². The fraction of sp³-hybridized carbons (Fsp3) is 0.0769. The van der Waals surface area contributed by atoms with Crippen molar-refractivity contribution in [1.82, 2.24) is 0 Å². The second kappa shape index (κ2) is 4.91. The number of benzene rings is 2. The molecule has 4 heteroatoms. The van der Waals surface area contributed by atoms with Crippen molar-refractivity contribution in [3.05, 3.63) is 51.3 Å². The molecular formula is C13H11FINO. The summed E-state index contributed by atoms with van der Waals surface area (Å²) in [6.45, 7) is 1.70. The van der Waals surface area contributed by atoms with Crippen molar-refractivity contribution in [3.63, 3.8) is 0 Å². The highest BCUT2D eigenvalue weighted by Crippen LogP contribution is 2.30. The molecule has 0 unspecified atom stereocenters. The van der Waals surface area contributed by atoms with Crippen LogP contribution in [0.5, 0.6) is 11.5 Å². The quantitative estimate of drug-likeness (QED) is 0.658. The Morgan fingerprint density at radius 1 is 1.18 bits per heavy atom. The Hall–Kier alpha value is -1.30. The molecule has 2 nitrogen and oxygen atoms in total. The minimum Gasteiger partial charge on any atom is -0.453 e. The van der Waals surface area contributed by atoms with E-state index < -0.39 is 0 Å². The van der Waals surface area contributed by atoms with Gasteiger partial charge >= 0.3 is 0 Å². The van der Waals surface area contributed by atoms with Gasteiger partial charge in [0.2, 0.25) is 0 Å². The first kappa shape index (κ1) is 12.2. The van der Waals surface area contributed by atoms with Crippen LogP contribution >= 0.6 is 22.6 Å². The molecule has 0 aliphatic carbocycles. The first-order valence-electron chi connectivity index (χ1n) is 5.06. The molecule has 2 aromatic carbocycles. The Kier molecular flexibility index (Phi) is 3.51. The lowest BCUT2D eigenvalue weighted by atomic mass is 10.2. The predicted octanol–water partition coefficient (Wildman–Crippen LogP) is 4.11. The molecule has 0 bridgehead atoms. The van der Waals surface area contributed by atoms with E-state index in [1.165, 1.54) is 0 Å². The van der Waals surface area contributed by atoms with Crippen LogP contribution in [0, 0.1) is 16.3 Å². The Bertz CT molecular complexity index is 557. The zero-order valence-corrected chi connectivity index (χ0v) is 11.4. The van der Waals surface area contributed by atoms with Crippen LogP contribution in [0.15, 0.2) is 36.4 Å². The van der Waals surface area contributed by atoms with Gasteiger partial charge in [-0.25, -0.2) is 4.39 Å². The van der Waals surface area contributed by atoms with Crippen molar-refractivity contribution in [3.8, 4) is 11.5 Å². The van der Waals surface area contributed by atoms with Gasteiger partial charge in [-0.2, -0.15) is 0 Å². The van der Waals surface area contributed by atoms with Crippen LogP contribution in [-0.2, 0) is 0 Å². The third-order valence-electron chi connectivity index (χ3n) is 2.33. The number of hydrogen-bond acceptors (Lipinski definition) is 2. The van der Waals surface area contributed by atoms with Gasteiger partial charge in [-0.15, -0.1) is 0 Å². The molecule has 2 aromatic rings.